The summed E-state index contributed by atoms with van der Waals surface area (Å²) in [7, 11) is 1.57. The van der Waals surface area contributed by atoms with E-state index in [1.54, 1.807) is 25.3 Å². The van der Waals surface area contributed by atoms with Crippen molar-refractivity contribution in [1.29, 1.82) is 0 Å². The molecule has 1 atom stereocenters. The Morgan fingerprint density at radius 1 is 1.53 bits per heavy atom. The molecule has 0 saturated carbocycles. The molecule has 6 heteroatoms. The zero-order valence-corrected chi connectivity index (χ0v) is 11.3. The first-order chi connectivity index (χ1) is 9.20. The van der Waals surface area contributed by atoms with Gasteiger partial charge < -0.3 is 4.74 Å². The van der Waals surface area contributed by atoms with Crippen molar-refractivity contribution in [3.8, 4) is 5.75 Å². The highest BCUT2D eigenvalue weighted by Crippen LogP contribution is 2.22. The van der Waals surface area contributed by atoms with E-state index >= 15 is 0 Å². The molecule has 1 fully saturated rings. The second-order valence-corrected chi connectivity index (χ2v) is 4.89. The van der Waals surface area contributed by atoms with E-state index < -0.39 is 0 Å². The van der Waals surface area contributed by atoms with Gasteiger partial charge in [0.1, 0.15) is 5.75 Å². The molecule has 1 saturated heterocycles. The molecule has 0 spiro atoms. The van der Waals surface area contributed by atoms with Crippen LogP contribution in [-0.4, -0.2) is 23.2 Å². The van der Waals surface area contributed by atoms with Gasteiger partial charge in [0, 0.05) is 0 Å². The maximum Gasteiger partial charge on any atom is 0.263 e. The van der Waals surface area contributed by atoms with Gasteiger partial charge in [-0.25, -0.2) is 4.98 Å². The van der Waals surface area contributed by atoms with Crippen LogP contribution >= 0.6 is 11.6 Å². The summed E-state index contributed by atoms with van der Waals surface area (Å²) in [4.78, 5) is 16.8. The van der Waals surface area contributed by atoms with Crippen LogP contribution in [0.15, 0.2) is 23.0 Å². The minimum absolute atomic E-state index is 0.0666. The third-order valence-electron chi connectivity index (χ3n) is 3.41. The van der Waals surface area contributed by atoms with Gasteiger partial charge >= 0.3 is 0 Å². The molecule has 1 aliphatic rings. The van der Waals surface area contributed by atoms with E-state index in [1.807, 2.05) is 0 Å². The summed E-state index contributed by atoms with van der Waals surface area (Å²) in [5.74, 6) is 0.639. The van der Waals surface area contributed by atoms with Crippen LogP contribution in [0.1, 0.15) is 19.0 Å². The van der Waals surface area contributed by atoms with Crippen molar-refractivity contribution < 1.29 is 4.74 Å². The van der Waals surface area contributed by atoms with Crippen molar-refractivity contribution >= 4 is 22.5 Å². The van der Waals surface area contributed by atoms with Gasteiger partial charge in [-0.1, -0.05) is 0 Å². The molecule has 19 heavy (non-hydrogen) atoms. The quantitative estimate of drug-likeness (QED) is 0.854. The van der Waals surface area contributed by atoms with E-state index in [-0.39, 0.29) is 17.0 Å². The highest BCUT2D eigenvalue weighted by molar-refractivity contribution is 6.28. The zero-order chi connectivity index (χ0) is 13.4. The van der Waals surface area contributed by atoms with E-state index in [2.05, 4.69) is 10.3 Å². The molecule has 1 aromatic carbocycles. The third-order valence-corrected chi connectivity index (χ3v) is 3.68. The Morgan fingerprint density at radius 2 is 2.37 bits per heavy atom. The smallest absolute Gasteiger partial charge is 0.263 e. The van der Waals surface area contributed by atoms with E-state index in [0.717, 1.165) is 19.4 Å². The van der Waals surface area contributed by atoms with Crippen LogP contribution in [-0.2, 0) is 0 Å². The van der Waals surface area contributed by atoms with Crippen molar-refractivity contribution in [2.24, 2.45) is 0 Å². The van der Waals surface area contributed by atoms with Crippen LogP contribution in [0.5, 0.6) is 5.75 Å². The number of nitrogens with one attached hydrogen (secondary N) is 1. The predicted octanol–water partition coefficient (Wildman–Crippen LogP) is 1.94. The molecule has 1 N–H and O–H groups in total. The highest BCUT2D eigenvalue weighted by atomic mass is 35.5. The van der Waals surface area contributed by atoms with Crippen LogP contribution in [0.4, 0.5) is 0 Å². The molecule has 3 rings (SSSR count). The van der Waals surface area contributed by atoms with Gasteiger partial charge in [-0.05, 0) is 49.2 Å². The molecule has 0 aliphatic carbocycles. The summed E-state index contributed by atoms with van der Waals surface area (Å²) < 4.78 is 6.67. The fourth-order valence-corrected chi connectivity index (χ4v) is 2.72. The lowest BCUT2D eigenvalue weighted by Gasteiger charge is -2.16. The summed E-state index contributed by atoms with van der Waals surface area (Å²) in [6, 6.07) is 5.21. The first-order valence-corrected chi connectivity index (χ1v) is 6.57. The minimum atomic E-state index is -0.131. The highest BCUT2D eigenvalue weighted by Gasteiger charge is 2.21. The summed E-state index contributed by atoms with van der Waals surface area (Å²) in [6.45, 7) is 0.892. The van der Waals surface area contributed by atoms with Crippen molar-refractivity contribution in [3.05, 3.63) is 33.8 Å². The molecule has 0 bridgehead atoms. The third kappa shape index (κ3) is 2.09. The maximum atomic E-state index is 12.5. The Balaban J connectivity index is 2.24. The van der Waals surface area contributed by atoms with E-state index in [9.17, 15) is 4.79 Å². The average molecular weight is 280 g/mol. The van der Waals surface area contributed by atoms with Gasteiger partial charge in [0.15, 0.2) is 0 Å². The normalized spacial score (nSPS) is 18.9. The molecule has 2 aromatic rings. The molecule has 0 amide bonds. The Kier molecular flexibility index (Phi) is 3.16. The largest absolute Gasteiger partial charge is 0.497 e. The molecule has 0 radical (unpaired) electrons. The molecule has 1 aromatic heterocycles. The number of benzene rings is 1. The summed E-state index contributed by atoms with van der Waals surface area (Å²) in [5.41, 5.74) is 0.457. The van der Waals surface area contributed by atoms with Crippen LogP contribution < -0.4 is 15.6 Å². The first-order valence-electron chi connectivity index (χ1n) is 6.20. The number of hydrogen-bond donors (Lipinski definition) is 1. The molecular formula is C13H14ClN3O2. The second-order valence-electron chi connectivity index (χ2n) is 4.55. The maximum absolute atomic E-state index is 12.5. The van der Waals surface area contributed by atoms with Gasteiger partial charge in [-0.2, -0.15) is 0 Å². The van der Waals surface area contributed by atoms with E-state index in [1.165, 1.54) is 4.57 Å². The Labute approximate surface area is 115 Å². The van der Waals surface area contributed by atoms with Gasteiger partial charge in [0.2, 0.25) is 5.28 Å². The Hall–Kier alpha value is -1.59. The van der Waals surface area contributed by atoms with E-state index in [0.29, 0.717) is 16.7 Å². The van der Waals surface area contributed by atoms with Crippen LogP contribution in [0, 0.1) is 0 Å². The molecule has 2 heterocycles. The van der Waals surface area contributed by atoms with Crippen LogP contribution in [0.3, 0.4) is 0 Å². The number of hydrogen-bond acceptors (Lipinski definition) is 4. The van der Waals surface area contributed by atoms with Crippen molar-refractivity contribution in [2.75, 3.05) is 13.7 Å². The van der Waals surface area contributed by atoms with Crippen LogP contribution in [0.25, 0.3) is 10.9 Å². The number of aromatic nitrogens is 2. The molecule has 1 unspecified atom stereocenters. The van der Waals surface area contributed by atoms with Crippen molar-refractivity contribution in [2.45, 2.75) is 19.0 Å². The SMILES string of the molecule is COc1ccc2nc(Cl)n(C3CCCN3)c(=O)c2c1. The fourth-order valence-electron chi connectivity index (χ4n) is 2.43. The van der Waals surface area contributed by atoms with Crippen LogP contribution in [0.2, 0.25) is 5.28 Å². The van der Waals surface area contributed by atoms with Gasteiger partial charge in [0.25, 0.3) is 5.56 Å². The van der Waals surface area contributed by atoms with Gasteiger partial charge in [0.05, 0.1) is 24.2 Å². The van der Waals surface area contributed by atoms with Crippen molar-refractivity contribution in [3.63, 3.8) is 0 Å². The number of fused-ring (bicyclic) bond motifs is 1. The number of halogens is 1. The zero-order valence-electron chi connectivity index (χ0n) is 10.5. The average Bonchev–Trinajstić information content (AvgIpc) is 2.92. The van der Waals surface area contributed by atoms with Gasteiger partial charge in [-0.3, -0.25) is 14.7 Å². The Morgan fingerprint density at radius 3 is 3.05 bits per heavy atom. The summed E-state index contributed by atoms with van der Waals surface area (Å²) >= 11 is 6.14. The fraction of sp³-hybridized carbons (Fsp3) is 0.385. The molecule has 100 valence electrons. The molecule has 1 aliphatic heterocycles. The summed E-state index contributed by atoms with van der Waals surface area (Å²) in [6.07, 6.45) is 1.85. The lowest BCUT2D eigenvalue weighted by Crippen LogP contribution is -2.31. The Bertz CT molecular complexity index is 677. The summed E-state index contributed by atoms with van der Waals surface area (Å²) in [5, 5.41) is 4.00. The first kappa shape index (κ1) is 12.4. The van der Waals surface area contributed by atoms with Crippen molar-refractivity contribution in [1.82, 2.24) is 14.9 Å². The van der Waals surface area contributed by atoms with E-state index in [4.69, 9.17) is 16.3 Å². The topological polar surface area (TPSA) is 56.1 Å². The molecule has 5 nitrogen and oxygen atoms in total. The number of methoxy groups -OCH3 is 1. The number of ether oxygens (including phenoxy) is 1. The molecular weight excluding hydrogens is 266 g/mol. The lowest BCUT2D eigenvalue weighted by atomic mass is 10.2. The second kappa shape index (κ2) is 4.83. The lowest BCUT2D eigenvalue weighted by molar-refractivity contribution is 0.415. The number of rotatable bonds is 2. The van der Waals surface area contributed by atoms with Gasteiger partial charge in [-0.15, -0.1) is 0 Å². The minimum Gasteiger partial charge on any atom is -0.497 e. The number of nitrogens with zero attached hydrogens (tertiary/aromatic N) is 2. The monoisotopic (exact) mass is 279 g/mol. The standard InChI is InChI=1S/C13H14ClN3O2/c1-19-8-4-5-10-9(7-8)12(18)17(13(14)16-10)11-3-2-6-15-11/h4-5,7,11,15H,2-3,6H2,1H3. The predicted molar refractivity (Wildman–Crippen MR) is 73.8 cm³/mol.